The Hall–Kier alpha value is -3.13. The predicted molar refractivity (Wildman–Crippen MR) is 118 cm³/mol. The molecular weight excluding hydrogens is 398 g/mol. The summed E-state index contributed by atoms with van der Waals surface area (Å²) in [5.41, 5.74) is 2.60. The highest BCUT2D eigenvalue weighted by Gasteiger charge is 2.14. The van der Waals surface area contributed by atoms with Crippen LogP contribution in [0.5, 0.6) is 0 Å². The van der Waals surface area contributed by atoms with Crippen molar-refractivity contribution in [3.63, 3.8) is 0 Å². The van der Waals surface area contributed by atoms with Gasteiger partial charge in [-0.25, -0.2) is 0 Å². The zero-order chi connectivity index (χ0) is 21.3. The Labute approximate surface area is 180 Å². The minimum Gasteiger partial charge on any atom is -0.345 e. The second-order valence-electron chi connectivity index (χ2n) is 6.58. The van der Waals surface area contributed by atoms with E-state index < -0.39 is 0 Å². The lowest BCUT2D eigenvalue weighted by atomic mass is 10.1. The number of anilines is 1. The second-order valence-corrected chi connectivity index (χ2v) is 7.52. The molecule has 0 aliphatic heterocycles. The van der Waals surface area contributed by atoms with Gasteiger partial charge in [-0.1, -0.05) is 49.0 Å². The van der Waals surface area contributed by atoms with Gasteiger partial charge in [-0.3, -0.25) is 9.59 Å². The van der Waals surface area contributed by atoms with E-state index in [1.807, 2.05) is 54.0 Å². The average Bonchev–Trinajstić information content (AvgIpc) is 3.19. The maximum atomic E-state index is 12.3. The number of thioether (sulfide) groups is 1. The molecule has 0 bridgehead atoms. The number of nitrogens with one attached hydrogen (secondary N) is 2. The number of benzene rings is 2. The van der Waals surface area contributed by atoms with Gasteiger partial charge in [-0.05, 0) is 43.2 Å². The first-order valence-electron chi connectivity index (χ1n) is 9.87. The van der Waals surface area contributed by atoms with Crippen LogP contribution in [-0.2, 0) is 24.3 Å². The van der Waals surface area contributed by atoms with Crippen molar-refractivity contribution in [3.8, 4) is 0 Å². The van der Waals surface area contributed by atoms with Gasteiger partial charge in [-0.15, -0.1) is 10.2 Å². The summed E-state index contributed by atoms with van der Waals surface area (Å²) in [7, 11) is 0. The third-order valence-electron chi connectivity index (χ3n) is 4.53. The van der Waals surface area contributed by atoms with E-state index in [4.69, 9.17) is 0 Å². The Kier molecular flexibility index (Phi) is 7.62. The van der Waals surface area contributed by atoms with Crippen LogP contribution in [0.15, 0.2) is 59.8 Å². The zero-order valence-corrected chi connectivity index (χ0v) is 17.9. The van der Waals surface area contributed by atoms with Crippen LogP contribution in [0.25, 0.3) is 0 Å². The number of hydrogen-bond acceptors (Lipinski definition) is 5. The van der Waals surface area contributed by atoms with Gasteiger partial charge in [0.2, 0.25) is 5.91 Å². The van der Waals surface area contributed by atoms with Crippen molar-refractivity contribution in [2.24, 2.45) is 0 Å². The Morgan fingerprint density at radius 3 is 2.40 bits per heavy atom. The fraction of sp³-hybridized carbons (Fsp3) is 0.273. The smallest absolute Gasteiger partial charge is 0.251 e. The lowest BCUT2D eigenvalue weighted by molar-refractivity contribution is -0.113. The first-order chi connectivity index (χ1) is 14.6. The van der Waals surface area contributed by atoms with Crippen LogP contribution in [0, 0.1) is 0 Å². The van der Waals surface area contributed by atoms with Crippen molar-refractivity contribution in [1.29, 1.82) is 0 Å². The van der Waals surface area contributed by atoms with Gasteiger partial charge in [0, 0.05) is 17.8 Å². The predicted octanol–water partition coefficient (Wildman–Crippen LogP) is 3.52. The molecule has 0 atom stereocenters. The molecule has 8 heteroatoms. The van der Waals surface area contributed by atoms with E-state index in [1.54, 1.807) is 12.1 Å². The number of carbonyl (C=O) groups excluding carboxylic acids is 2. The van der Waals surface area contributed by atoms with E-state index >= 15 is 0 Å². The van der Waals surface area contributed by atoms with E-state index in [0.717, 1.165) is 12.1 Å². The third kappa shape index (κ3) is 5.70. The molecule has 2 amide bonds. The Morgan fingerprint density at radius 1 is 1.00 bits per heavy atom. The maximum Gasteiger partial charge on any atom is 0.251 e. The maximum absolute atomic E-state index is 12.3. The van der Waals surface area contributed by atoms with Gasteiger partial charge >= 0.3 is 0 Å². The van der Waals surface area contributed by atoms with Crippen molar-refractivity contribution in [2.75, 3.05) is 11.1 Å². The Bertz CT molecular complexity index is 987. The minimum absolute atomic E-state index is 0.103. The summed E-state index contributed by atoms with van der Waals surface area (Å²) in [6.07, 6.45) is 0.963. The summed E-state index contributed by atoms with van der Waals surface area (Å²) < 4.78 is 1.90. The first-order valence-corrected chi connectivity index (χ1v) is 10.9. The molecule has 1 heterocycles. The van der Waals surface area contributed by atoms with Gasteiger partial charge in [-0.2, -0.15) is 0 Å². The normalized spacial score (nSPS) is 10.6. The first kappa shape index (κ1) is 21.6. The van der Waals surface area contributed by atoms with Gasteiger partial charge in [0.15, 0.2) is 11.0 Å². The Balaban J connectivity index is 1.54. The molecule has 2 N–H and O–H groups in total. The summed E-state index contributed by atoms with van der Waals surface area (Å²) in [5, 5.41) is 14.8. The topological polar surface area (TPSA) is 88.9 Å². The highest BCUT2D eigenvalue weighted by atomic mass is 32.2. The van der Waals surface area contributed by atoms with Gasteiger partial charge in [0.1, 0.15) is 0 Å². The highest BCUT2D eigenvalue weighted by Crippen LogP contribution is 2.18. The van der Waals surface area contributed by atoms with Gasteiger partial charge < -0.3 is 15.2 Å². The Morgan fingerprint density at radius 2 is 1.73 bits per heavy atom. The molecule has 0 spiro atoms. The monoisotopic (exact) mass is 423 g/mol. The lowest BCUT2D eigenvalue weighted by Crippen LogP contribution is -2.24. The molecule has 0 aliphatic rings. The number of hydrogen-bond donors (Lipinski definition) is 2. The van der Waals surface area contributed by atoms with Crippen molar-refractivity contribution >= 4 is 29.3 Å². The number of amides is 2. The number of aryl methyl sites for hydroxylation is 1. The fourth-order valence-electron chi connectivity index (χ4n) is 2.88. The van der Waals surface area contributed by atoms with E-state index in [0.29, 0.717) is 23.1 Å². The van der Waals surface area contributed by atoms with E-state index in [2.05, 4.69) is 27.8 Å². The molecule has 0 unspecified atom stereocenters. The molecule has 0 saturated heterocycles. The van der Waals surface area contributed by atoms with Crippen LogP contribution in [0.4, 0.5) is 5.69 Å². The average molecular weight is 424 g/mol. The number of carbonyl (C=O) groups is 2. The zero-order valence-electron chi connectivity index (χ0n) is 17.1. The van der Waals surface area contributed by atoms with Crippen molar-refractivity contribution in [2.45, 2.75) is 38.5 Å². The second kappa shape index (κ2) is 10.6. The third-order valence-corrected chi connectivity index (χ3v) is 5.50. The van der Waals surface area contributed by atoms with Crippen LogP contribution in [0.1, 0.15) is 35.6 Å². The SMILES string of the molecule is CCc1ccc(NC(=O)CSc2nnc(CNC(=O)c3ccccc3)n2CC)cc1. The van der Waals surface area contributed by atoms with E-state index in [1.165, 1.54) is 17.3 Å². The van der Waals surface area contributed by atoms with Crippen LogP contribution < -0.4 is 10.6 Å². The molecule has 0 radical (unpaired) electrons. The summed E-state index contributed by atoms with van der Waals surface area (Å²) in [6.45, 7) is 4.98. The van der Waals surface area contributed by atoms with Crippen LogP contribution in [-0.4, -0.2) is 32.3 Å². The molecule has 2 aromatic carbocycles. The van der Waals surface area contributed by atoms with Gasteiger partial charge in [0.05, 0.1) is 12.3 Å². The molecule has 3 aromatic rings. The number of aromatic nitrogens is 3. The molecular formula is C22H25N5O2S. The molecule has 30 heavy (non-hydrogen) atoms. The molecule has 0 fully saturated rings. The summed E-state index contributed by atoms with van der Waals surface area (Å²) in [5.74, 6) is 0.613. The largest absolute Gasteiger partial charge is 0.345 e. The van der Waals surface area contributed by atoms with Crippen molar-refractivity contribution < 1.29 is 9.59 Å². The van der Waals surface area contributed by atoms with Gasteiger partial charge in [0.25, 0.3) is 5.91 Å². The molecule has 7 nitrogen and oxygen atoms in total. The molecule has 3 rings (SSSR count). The van der Waals surface area contributed by atoms with Crippen LogP contribution in [0.3, 0.4) is 0 Å². The lowest BCUT2D eigenvalue weighted by Gasteiger charge is -2.09. The molecule has 0 aliphatic carbocycles. The fourth-order valence-corrected chi connectivity index (χ4v) is 3.70. The van der Waals surface area contributed by atoms with E-state index in [9.17, 15) is 9.59 Å². The number of rotatable bonds is 9. The molecule has 0 saturated carbocycles. The highest BCUT2D eigenvalue weighted by molar-refractivity contribution is 7.99. The summed E-state index contributed by atoms with van der Waals surface area (Å²) in [4.78, 5) is 24.5. The number of nitrogens with zero attached hydrogens (tertiary/aromatic N) is 3. The van der Waals surface area contributed by atoms with Crippen LogP contribution in [0.2, 0.25) is 0 Å². The molecule has 156 valence electrons. The van der Waals surface area contributed by atoms with Crippen molar-refractivity contribution in [1.82, 2.24) is 20.1 Å². The van der Waals surface area contributed by atoms with E-state index in [-0.39, 0.29) is 24.1 Å². The summed E-state index contributed by atoms with van der Waals surface area (Å²) >= 11 is 1.32. The summed E-state index contributed by atoms with van der Waals surface area (Å²) in [6, 6.07) is 16.9. The van der Waals surface area contributed by atoms with Crippen molar-refractivity contribution in [3.05, 3.63) is 71.5 Å². The standard InChI is InChI=1S/C22H25N5O2S/c1-3-16-10-12-18(13-11-16)24-20(28)15-30-22-26-25-19(27(22)4-2)14-23-21(29)17-8-6-5-7-9-17/h5-13H,3-4,14-15H2,1-2H3,(H,23,29)(H,24,28). The quantitative estimate of drug-likeness (QED) is 0.514. The minimum atomic E-state index is -0.163. The van der Waals surface area contributed by atoms with Crippen LogP contribution >= 0.6 is 11.8 Å². The molecule has 1 aromatic heterocycles.